The molecule has 0 amide bonds. The smallest absolute Gasteiger partial charge is 1.00 e. The molecule has 0 saturated carbocycles. The third-order valence-corrected chi connectivity index (χ3v) is 7.78. The number of nitrogens with zero attached hydrogens (tertiary/aromatic N) is 2. The molecule has 9 nitrogen and oxygen atoms in total. The van der Waals surface area contributed by atoms with Crippen LogP contribution in [-0.2, 0) is 32.1 Å². The second-order valence-corrected chi connectivity index (χ2v) is 11.5. The second kappa shape index (κ2) is 23.8. The van der Waals surface area contributed by atoms with Gasteiger partial charge in [-0.2, -0.15) is 0 Å². The van der Waals surface area contributed by atoms with Gasteiger partial charge in [0.2, 0.25) is 5.88 Å². The molecule has 2 aromatic heterocycles. The summed E-state index contributed by atoms with van der Waals surface area (Å²) in [4.78, 5) is 41.8. The summed E-state index contributed by atoms with van der Waals surface area (Å²) in [5.41, 5.74) is 2.31. The molecule has 18 heteroatoms. The summed E-state index contributed by atoms with van der Waals surface area (Å²) in [6.45, 7) is 2.54. The second-order valence-electron chi connectivity index (χ2n) is 10.4. The maximum Gasteiger partial charge on any atom is 1.00 e. The van der Waals surface area contributed by atoms with Gasteiger partial charge in [0.25, 0.3) is 6.47 Å². The van der Waals surface area contributed by atoms with Crippen molar-refractivity contribution in [3.8, 4) is 28.1 Å². The third kappa shape index (κ3) is 14.5. The van der Waals surface area contributed by atoms with Crippen LogP contribution >= 0.6 is 34.8 Å². The standard InChI is InChI=1S/C16H13Cl2F2NO2.C16H12ClF2NO2.CH2O3.2Cs.H/c1-8(22)14(23)5-4-11-12(7-15(17)21-16(11)18)10-3-2-9(19)6-13(10)20;1-8(21)14-5-4-11-12(7-15(17)20-16(11)22-14)10-3-2-9(18)6-13(10)19;2-1-4-3;;;/h2-3,6-7,14,23H,4-5H2,1H3;2-3,6-7,14H,4-5H2,1H3;1,3H;;;/q;;;2*+1;-1/p-1. The Morgan fingerprint density at radius 3 is 1.94 bits per heavy atom. The Kier molecular flexibility index (Phi) is 22.8. The molecule has 0 radical (unpaired) electrons. The molecule has 4 aromatic rings. The molecule has 1 aliphatic rings. The third-order valence-electron chi connectivity index (χ3n) is 7.08. The zero-order chi connectivity index (χ0) is 36.4. The van der Waals surface area contributed by atoms with E-state index in [9.17, 15) is 32.3 Å². The van der Waals surface area contributed by atoms with Crippen molar-refractivity contribution in [3.63, 3.8) is 0 Å². The predicted molar refractivity (Wildman–Crippen MR) is 171 cm³/mol. The summed E-state index contributed by atoms with van der Waals surface area (Å²) in [7, 11) is 0. The summed E-state index contributed by atoms with van der Waals surface area (Å²) in [6, 6.07) is 9.44. The van der Waals surface area contributed by atoms with E-state index in [-0.39, 0.29) is 203 Å². The molecule has 5 rings (SSSR count). The average Bonchev–Trinajstić information content (AvgIpc) is 3.03. The van der Waals surface area contributed by atoms with Crippen molar-refractivity contribution >= 4 is 52.8 Å². The van der Waals surface area contributed by atoms with Crippen molar-refractivity contribution < 1.29 is 191 Å². The van der Waals surface area contributed by atoms with E-state index >= 15 is 0 Å². The van der Waals surface area contributed by atoms with Crippen LogP contribution in [0.25, 0.3) is 22.3 Å². The van der Waals surface area contributed by atoms with Gasteiger partial charge in [-0.25, -0.2) is 27.5 Å². The fourth-order valence-electron chi connectivity index (χ4n) is 4.74. The molecule has 0 bridgehead atoms. The number of carbonyl (C=O) groups is 3. The van der Waals surface area contributed by atoms with E-state index in [0.717, 1.165) is 18.2 Å². The Morgan fingerprint density at radius 2 is 1.45 bits per heavy atom. The number of hydrogen-bond donors (Lipinski definition) is 1. The minimum Gasteiger partial charge on any atom is -1.00 e. The minimum absolute atomic E-state index is 0. The fraction of sp³-hybridized carbons (Fsp3) is 0.242. The van der Waals surface area contributed by atoms with Crippen LogP contribution in [-0.4, -0.2) is 45.3 Å². The number of aliphatic hydroxyl groups excluding tert-OH is 1. The van der Waals surface area contributed by atoms with Gasteiger partial charge in [-0.15, -0.1) is 0 Å². The van der Waals surface area contributed by atoms with E-state index in [1.807, 2.05) is 0 Å². The van der Waals surface area contributed by atoms with Crippen LogP contribution in [0.5, 0.6) is 5.88 Å². The molecule has 3 heterocycles. The first kappa shape index (κ1) is 49.0. The van der Waals surface area contributed by atoms with Crippen molar-refractivity contribution in [2.75, 3.05) is 0 Å². The zero-order valence-electron chi connectivity index (χ0n) is 28.6. The molecule has 2 atom stereocenters. The molecule has 1 aliphatic heterocycles. The van der Waals surface area contributed by atoms with Crippen LogP contribution in [0, 0.1) is 23.3 Å². The van der Waals surface area contributed by atoms with Crippen LogP contribution in [0.2, 0.25) is 15.5 Å². The molecule has 1 N–H and O–H groups in total. The largest absolute Gasteiger partial charge is 1.00 e. The summed E-state index contributed by atoms with van der Waals surface area (Å²) < 4.78 is 59.8. The SMILES string of the molecule is CC(=O)C(O)CCc1c(-c2ccc(F)cc2F)cc(Cl)nc1Cl.CC(=O)C1CCc2c(-c3ccc(F)cc3F)cc(Cl)nc2O1.O=CO[O-].[Cs+].[Cs+].[H-]. The number of Topliss-reactive ketones (excluding diaryl/α,β-unsaturated/α-hetero) is 2. The molecule has 2 unspecified atom stereocenters. The molecule has 2 aromatic carbocycles. The minimum atomic E-state index is -1.15. The zero-order valence-corrected chi connectivity index (χ0v) is 42.4. The first-order chi connectivity index (χ1) is 23.2. The van der Waals surface area contributed by atoms with E-state index in [4.69, 9.17) is 49.6 Å². The van der Waals surface area contributed by atoms with E-state index in [2.05, 4.69) is 14.9 Å². The van der Waals surface area contributed by atoms with Crippen molar-refractivity contribution in [2.45, 2.75) is 51.7 Å². The first-order valence-electron chi connectivity index (χ1n) is 14.2. The number of ether oxygens (including phenoxy) is 1. The van der Waals surface area contributed by atoms with Gasteiger partial charge in [0.1, 0.15) is 44.8 Å². The maximum atomic E-state index is 14.1. The number of fused-ring (bicyclic) bond motifs is 1. The van der Waals surface area contributed by atoms with Crippen molar-refractivity contribution in [1.82, 2.24) is 9.97 Å². The number of aromatic nitrogens is 2. The van der Waals surface area contributed by atoms with E-state index in [1.165, 1.54) is 44.2 Å². The molecule has 0 aliphatic carbocycles. The van der Waals surface area contributed by atoms with E-state index < -0.39 is 35.5 Å². The van der Waals surface area contributed by atoms with Crippen LogP contribution in [0.1, 0.15) is 39.2 Å². The summed E-state index contributed by atoms with van der Waals surface area (Å²) in [5, 5.41) is 18.3. The van der Waals surface area contributed by atoms with Gasteiger partial charge >= 0.3 is 138 Å². The monoisotopic (exact) mass is 1010 g/mol. The Morgan fingerprint density at radius 1 is 0.941 bits per heavy atom. The first-order valence-corrected chi connectivity index (χ1v) is 15.3. The number of halogens is 7. The molecule has 0 saturated heterocycles. The number of benzene rings is 2. The van der Waals surface area contributed by atoms with Crippen LogP contribution in [0.3, 0.4) is 0 Å². The average molecular weight is 1010 g/mol. The number of carbonyl (C=O) groups excluding carboxylic acids is 3. The van der Waals surface area contributed by atoms with E-state index in [0.29, 0.717) is 35.1 Å². The number of pyridine rings is 2. The van der Waals surface area contributed by atoms with Crippen LogP contribution in [0.4, 0.5) is 17.6 Å². The number of rotatable bonds is 8. The van der Waals surface area contributed by atoms with E-state index in [1.54, 1.807) is 0 Å². The van der Waals surface area contributed by atoms with Gasteiger partial charge in [0.05, 0.1) is 0 Å². The van der Waals surface area contributed by atoms with Gasteiger partial charge in [0, 0.05) is 28.8 Å². The van der Waals surface area contributed by atoms with Crippen molar-refractivity contribution in [1.29, 1.82) is 0 Å². The van der Waals surface area contributed by atoms with Gasteiger partial charge in [-0.3, -0.25) is 14.4 Å². The maximum absolute atomic E-state index is 14.1. The summed E-state index contributed by atoms with van der Waals surface area (Å²) in [6.07, 6.45) is -0.418. The fourth-order valence-corrected chi connectivity index (χ4v) is 5.45. The number of aliphatic hydroxyl groups is 1. The molecular weight excluding hydrogens is 985 g/mol. The number of ketones is 2. The summed E-state index contributed by atoms with van der Waals surface area (Å²) >= 11 is 17.9. The van der Waals surface area contributed by atoms with Crippen LogP contribution < -0.4 is 148 Å². The Bertz CT molecular complexity index is 1870. The Labute approximate surface area is 424 Å². The van der Waals surface area contributed by atoms with Crippen LogP contribution in [0.15, 0.2) is 48.5 Å². The molecule has 0 fully saturated rings. The molecule has 51 heavy (non-hydrogen) atoms. The van der Waals surface area contributed by atoms with Crippen molar-refractivity contribution in [2.24, 2.45) is 0 Å². The summed E-state index contributed by atoms with van der Waals surface area (Å²) in [5.74, 6) is -3.04. The molecular formula is C33H27Cl3Cs2F4N2O7. The molecule has 0 spiro atoms. The number of hydrogen-bond acceptors (Lipinski definition) is 9. The quantitative estimate of drug-likeness (QED) is 0.0892. The van der Waals surface area contributed by atoms with Gasteiger partial charge in [-0.05, 0) is 92.6 Å². The Hall–Kier alpha value is -0.0361. The van der Waals surface area contributed by atoms with Gasteiger partial charge < -0.3 is 21.4 Å². The predicted octanol–water partition coefficient (Wildman–Crippen LogP) is 0.734. The van der Waals surface area contributed by atoms with Crippen molar-refractivity contribution in [3.05, 3.63) is 98.4 Å². The van der Waals surface area contributed by atoms with Gasteiger partial charge in [-0.1, -0.05) is 34.8 Å². The Balaban J connectivity index is 0.000000862. The van der Waals surface area contributed by atoms with Gasteiger partial charge in [0.15, 0.2) is 17.7 Å². The topological polar surface area (TPSA) is 139 Å². The normalized spacial score (nSPS) is 13.2. The molecule has 262 valence electrons.